The van der Waals surface area contributed by atoms with E-state index in [0.29, 0.717) is 36.9 Å². The molecule has 1 amide bonds. The molecule has 130 valence electrons. The minimum atomic E-state index is -0.00156. The van der Waals surface area contributed by atoms with Gasteiger partial charge < -0.3 is 14.9 Å². The molecule has 1 aliphatic carbocycles. The molecule has 0 spiro atoms. The van der Waals surface area contributed by atoms with E-state index in [4.69, 9.17) is 4.52 Å². The molecule has 1 unspecified atom stereocenters. The van der Waals surface area contributed by atoms with E-state index in [0.717, 1.165) is 12.8 Å². The molecule has 6 heteroatoms. The predicted octanol–water partition coefficient (Wildman–Crippen LogP) is 2.57. The van der Waals surface area contributed by atoms with Crippen LogP contribution in [0.25, 0.3) is 0 Å². The van der Waals surface area contributed by atoms with Gasteiger partial charge >= 0.3 is 0 Å². The third-order valence-corrected chi connectivity index (χ3v) is 4.57. The highest BCUT2D eigenvalue weighted by atomic mass is 16.5. The first-order chi connectivity index (χ1) is 11.1. The number of amides is 1. The third-order valence-electron chi connectivity index (χ3n) is 4.57. The molecular formula is C17H29N3O3. The van der Waals surface area contributed by atoms with Gasteiger partial charge in [0.25, 0.3) is 0 Å². The molecule has 1 aromatic heterocycles. The summed E-state index contributed by atoms with van der Waals surface area (Å²) in [6.07, 6.45) is 7.46. The summed E-state index contributed by atoms with van der Waals surface area (Å²) in [5, 5.41) is 16.3. The van der Waals surface area contributed by atoms with Crippen LogP contribution in [-0.2, 0) is 11.2 Å². The summed E-state index contributed by atoms with van der Waals surface area (Å²) in [5.74, 6) is 1.91. The van der Waals surface area contributed by atoms with Gasteiger partial charge in [0.2, 0.25) is 11.8 Å². The summed E-state index contributed by atoms with van der Waals surface area (Å²) in [6.45, 7) is 4.12. The zero-order valence-corrected chi connectivity index (χ0v) is 14.3. The van der Waals surface area contributed by atoms with Gasteiger partial charge in [0.15, 0.2) is 5.82 Å². The molecule has 0 aliphatic heterocycles. The quantitative estimate of drug-likeness (QED) is 0.767. The molecular weight excluding hydrogens is 294 g/mol. The van der Waals surface area contributed by atoms with Crippen LogP contribution < -0.4 is 5.32 Å². The number of aromatic nitrogens is 2. The first-order valence-electron chi connectivity index (χ1n) is 8.83. The van der Waals surface area contributed by atoms with Gasteiger partial charge in [-0.2, -0.15) is 4.98 Å². The van der Waals surface area contributed by atoms with Crippen molar-refractivity contribution in [3.63, 3.8) is 0 Å². The van der Waals surface area contributed by atoms with Crippen LogP contribution in [0.2, 0.25) is 0 Å². The van der Waals surface area contributed by atoms with Crippen LogP contribution in [0.5, 0.6) is 0 Å². The first-order valence-corrected chi connectivity index (χ1v) is 8.83. The Morgan fingerprint density at radius 2 is 2.09 bits per heavy atom. The minimum absolute atomic E-state index is 0.00156. The highest BCUT2D eigenvalue weighted by Gasteiger charge is 2.24. The van der Waals surface area contributed by atoms with Crippen LogP contribution >= 0.6 is 0 Å². The SMILES string of the molecule is CC(C)c1noc(CCC(=O)NC(CCO)C2CCCCC2)n1. The number of hydrogen-bond donors (Lipinski definition) is 2. The number of carbonyl (C=O) groups excluding carboxylic acids is 1. The van der Waals surface area contributed by atoms with E-state index < -0.39 is 0 Å². The van der Waals surface area contributed by atoms with Crippen molar-refractivity contribution in [2.24, 2.45) is 5.92 Å². The Morgan fingerprint density at radius 1 is 1.35 bits per heavy atom. The van der Waals surface area contributed by atoms with Crippen LogP contribution in [0.15, 0.2) is 4.52 Å². The molecule has 0 bridgehead atoms. The number of aliphatic hydroxyl groups is 1. The van der Waals surface area contributed by atoms with E-state index in [-0.39, 0.29) is 24.5 Å². The molecule has 1 atom stereocenters. The number of carbonyl (C=O) groups is 1. The van der Waals surface area contributed by atoms with Gasteiger partial charge in [0.1, 0.15) is 0 Å². The second kappa shape index (κ2) is 9.01. The van der Waals surface area contributed by atoms with Gasteiger partial charge in [-0.25, -0.2) is 0 Å². The van der Waals surface area contributed by atoms with Crippen LogP contribution in [0.4, 0.5) is 0 Å². The Balaban J connectivity index is 1.80. The Kier molecular flexibility index (Phi) is 7.02. The van der Waals surface area contributed by atoms with E-state index in [1.54, 1.807) is 0 Å². The maximum absolute atomic E-state index is 12.2. The van der Waals surface area contributed by atoms with Crippen molar-refractivity contribution in [2.75, 3.05) is 6.61 Å². The van der Waals surface area contributed by atoms with Gasteiger partial charge in [-0.15, -0.1) is 0 Å². The molecule has 0 saturated heterocycles. The third kappa shape index (κ3) is 5.61. The van der Waals surface area contributed by atoms with Crippen molar-refractivity contribution in [3.05, 3.63) is 11.7 Å². The summed E-state index contributed by atoms with van der Waals surface area (Å²) in [5.41, 5.74) is 0. The summed E-state index contributed by atoms with van der Waals surface area (Å²) < 4.78 is 5.16. The maximum atomic E-state index is 12.2. The lowest BCUT2D eigenvalue weighted by molar-refractivity contribution is -0.122. The Labute approximate surface area is 138 Å². The van der Waals surface area contributed by atoms with Crippen LogP contribution in [-0.4, -0.2) is 33.8 Å². The van der Waals surface area contributed by atoms with Crippen molar-refractivity contribution >= 4 is 5.91 Å². The lowest BCUT2D eigenvalue weighted by Crippen LogP contribution is -2.41. The largest absolute Gasteiger partial charge is 0.396 e. The number of nitrogens with zero attached hydrogens (tertiary/aromatic N) is 2. The van der Waals surface area contributed by atoms with E-state index in [1.165, 1.54) is 19.3 Å². The smallest absolute Gasteiger partial charge is 0.227 e. The van der Waals surface area contributed by atoms with Crippen LogP contribution in [0, 0.1) is 5.92 Å². The van der Waals surface area contributed by atoms with Crippen LogP contribution in [0.1, 0.15) is 76.4 Å². The van der Waals surface area contributed by atoms with E-state index in [2.05, 4.69) is 15.5 Å². The van der Waals surface area contributed by atoms with E-state index in [9.17, 15) is 9.90 Å². The molecule has 6 nitrogen and oxygen atoms in total. The second-order valence-corrected chi connectivity index (χ2v) is 6.79. The summed E-state index contributed by atoms with van der Waals surface area (Å²) >= 11 is 0. The number of nitrogens with one attached hydrogen (secondary N) is 1. The molecule has 1 aromatic rings. The maximum Gasteiger partial charge on any atom is 0.227 e. The van der Waals surface area contributed by atoms with E-state index >= 15 is 0 Å². The molecule has 2 N–H and O–H groups in total. The molecule has 0 radical (unpaired) electrons. The van der Waals surface area contributed by atoms with Gasteiger partial charge in [-0.1, -0.05) is 38.3 Å². The van der Waals surface area contributed by atoms with Crippen molar-refractivity contribution in [2.45, 2.75) is 77.2 Å². The van der Waals surface area contributed by atoms with Crippen molar-refractivity contribution < 1.29 is 14.4 Å². The predicted molar refractivity (Wildman–Crippen MR) is 86.9 cm³/mol. The highest BCUT2D eigenvalue weighted by Crippen LogP contribution is 2.27. The molecule has 1 aliphatic rings. The number of hydrogen-bond acceptors (Lipinski definition) is 5. The number of aliphatic hydroxyl groups excluding tert-OH is 1. The topological polar surface area (TPSA) is 88.2 Å². The minimum Gasteiger partial charge on any atom is -0.396 e. The normalized spacial score (nSPS) is 17.4. The van der Waals surface area contributed by atoms with Gasteiger partial charge in [-0.3, -0.25) is 4.79 Å². The van der Waals surface area contributed by atoms with Gasteiger partial charge in [-0.05, 0) is 25.2 Å². The summed E-state index contributed by atoms with van der Waals surface area (Å²) in [7, 11) is 0. The fourth-order valence-electron chi connectivity index (χ4n) is 3.20. The Morgan fingerprint density at radius 3 is 2.70 bits per heavy atom. The standard InChI is InChI=1S/C17H29N3O3/c1-12(2)17-19-16(23-20-17)9-8-15(22)18-14(10-11-21)13-6-4-3-5-7-13/h12-14,21H,3-11H2,1-2H3,(H,18,22). The van der Waals surface area contributed by atoms with Crippen molar-refractivity contribution in [1.29, 1.82) is 0 Å². The zero-order valence-electron chi connectivity index (χ0n) is 14.3. The first kappa shape index (κ1) is 17.9. The van der Waals surface area contributed by atoms with Gasteiger partial charge in [0, 0.05) is 31.4 Å². The Bertz CT molecular complexity index is 481. The molecule has 1 saturated carbocycles. The van der Waals surface area contributed by atoms with Crippen LogP contribution in [0.3, 0.4) is 0 Å². The summed E-state index contributed by atoms with van der Waals surface area (Å²) in [6, 6.07) is 0.0849. The average molecular weight is 323 g/mol. The molecule has 1 heterocycles. The van der Waals surface area contributed by atoms with E-state index in [1.807, 2.05) is 13.8 Å². The monoisotopic (exact) mass is 323 g/mol. The fraction of sp³-hybridized carbons (Fsp3) is 0.824. The second-order valence-electron chi connectivity index (χ2n) is 6.79. The zero-order chi connectivity index (χ0) is 16.7. The highest BCUT2D eigenvalue weighted by molar-refractivity contribution is 5.76. The number of aryl methyl sites for hydroxylation is 1. The fourth-order valence-corrected chi connectivity index (χ4v) is 3.20. The summed E-state index contributed by atoms with van der Waals surface area (Å²) in [4.78, 5) is 16.5. The van der Waals surface area contributed by atoms with Gasteiger partial charge in [0.05, 0.1) is 0 Å². The Hall–Kier alpha value is -1.43. The molecule has 0 aromatic carbocycles. The molecule has 1 fully saturated rings. The van der Waals surface area contributed by atoms with Crippen molar-refractivity contribution in [3.8, 4) is 0 Å². The lowest BCUT2D eigenvalue weighted by Gasteiger charge is -2.30. The lowest BCUT2D eigenvalue weighted by atomic mass is 9.82. The molecule has 2 rings (SSSR count). The molecule has 23 heavy (non-hydrogen) atoms. The average Bonchev–Trinajstić information content (AvgIpc) is 3.03. The number of rotatable bonds is 8. The van der Waals surface area contributed by atoms with Crippen molar-refractivity contribution in [1.82, 2.24) is 15.5 Å².